The molecule has 1 aromatic carbocycles. The Labute approximate surface area is 145 Å². The van der Waals surface area contributed by atoms with Crippen molar-refractivity contribution in [3.05, 3.63) is 29.6 Å². The molecule has 0 aromatic heterocycles. The molecule has 0 saturated carbocycles. The van der Waals surface area contributed by atoms with Crippen LogP contribution in [-0.4, -0.2) is 61.2 Å². The fourth-order valence-corrected chi connectivity index (χ4v) is 2.50. The average molecular weight is 378 g/mol. The zero-order valence-electron chi connectivity index (χ0n) is 13.9. The van der Waals surface area contributed by atoms with Gasteiger partial charge in [0.05, 0.1) is 14.2 Å². The van der Waals surface area contributed by atoms with Crippen molar-refractivity contribution in [3.63, 3.8) is 0 Å². The Kier molecular flexibility index (Phi) is 5.50. The molecule has 26 heavy (non-hydrogen) atoms. The van der Waals surface area contributed by atoms with Crippen LogP contribution in [0.15, 0.2) is 18.2 Å². The number of hydrogen-bond donors (Lipinski definition) is 1. The van der Waals surface area contributed by atoms with Gasteiger partial charge in [0.25, 0.3) is 0 Å². The average Bonchev–Trinajstić information content (AvgIpc) is 2.72. The molecule has 7 nitrogen and oxygen atoms in total. The Morgan fingerprint density at radius 2 is 1.73 bits per heavy atom. The zero-order chi connectivity index (χ0) is 19.6. The minimum absolute atomic E-state index is 0.0460. The fourth-order valence-electron chi connectivity index (χ4n) is 2.50. The molecule has 142 valence electrons. The minimum Gasteiger partial charge on any atom is -0.494 e. The van der Waals surface area contributed by atoms with E-state index in [-0.39, 0.29) is 23.9 Å². The maximum absolute atomic E-state index is 13.7. The maximum Gasteiger partial charge on any atom is 0.406 e. The van der Waals surface area contributed by atoms with Gasteiger partial charge in [-0.15, -0.1) is 0 Å². The van der Waals surface area contributed by atoms with Gasteiger partial charge in [-0.25, -0.2) is 19.0 Å². The number of quaternary nitrogens is 1. The lowest BCUT2D eigenvalue weighted by Crippen LogP contribution is -3.09. The topological polar surface area (TPSA) is 71.4 Å². The molecule has 1 aliphatic heterocycles. The number of carbonyl (C=O) groups is 3. The van der Waals surface area contributed by atoms with Crippen LogP contribution in [0.25, 0.3) is 0 Å². The molecule has 1 unspecified atom stereocenters. The number of benzene rings is 1. The maximum atomic E-state index is 13.7. The van der Waals surface area contributed by atoms with E-state index in [0.717, 1.165) is 0 Å². The highest BCUT2D eigenvalue weighted by Gasteiger charge is 2.49. The molecular formula is C15H16F4N3O4+. The molecule has 2 rings (SSSR count). The zero-order valence-corrected chi connectivity index (χ0v) is 13.9. The van der Waals surface area contributed by atoms with E-state index in [4.69, 9.17) is 4.74 Å². The molecule has 0 spiro atoms. The first-order valence-electron chi connectivity index (χ1n) is 7.41. The van der Waals surface area contributed by atoms with Crippen LogP contribution < -0.4 is 9.64 Å². The van der Waals surface area contributed by atoms with Crippen molar-refractivity contribution in [3.8, 4) is 5.75 Å². The summed E-state index contributed by atoms with van der Waals surface area (Å²) in [7, 11) is 2.85. The van der Waals surface area contributed by atoms with Gasteiger partial charge in [-0.05, 0) is 18.2 Å². The highest BCUT2D eigenvalue weighted by molar-refractivity contribution is 6.44. The normalized spacial score (nSPS) is 16.5. The van der Waals surface area contributed by atoms with E-state index in [9.17, 15) is 31.9 Å². The smallest absolute Gasteiger partial charge is 0.406 e. The summed E-state index contributed by atoms with van der Waals surface area (Å²) in [6.45, 7) is -2.01. The summed E-state index contributed by atoms with van der Waals surface area (Å²) in [6.07, 6.45) is -4.80. The largest absolute Gasteiger partial charge is 0.494 e. The lowest BCUT2D eigenvalue weighted by Gasteiger charge is -2.20. The van der Waals surface area contributed by atoms with Crippen molar-refractivity contribution < 1.29 is 41.6 Å². The van der Waals surface area contributed by atoms with Gasteiger partial charge in [-0.3, -0.25) is 9.59 Å². The summed E-state index contributed by atoms with van der Waals surface area (Å²) < 4.78 is 55.8. The van der Waals surface area contributed by atoms with Gasteiger partial charge in [0.2, 0.25) is 0 Å². The number of alkyl halides is 3. The van der Waals surface area contributed by atoms with Gasteiger partial charge in [0.15, 0.2) is 18.2 Å². The number of ether oxygens (including phenoxy) is 1. The number of nitrogens with zero attached hydrogens (tertiary/aromatic N) is 2. The summed E-state index contributed by atoms with van der Waals surface area (Å²) in [4.78, 5) is 36.1. The lowest BCUT2D eigenvalue weighted by atomic mass is 10.2. The van der Waals surface area contributed by atoms with Crippen LogP contribution in [0.3, 0.4) is 0 Å². The molecule has 1 saturated heterocycles. The second kappa shape index (κ2) is 7.28. The van der Waals surface area contributed by atoms with Gasteiger partial charge < -0.3 is 9.64 Å². The first-order chi connectivity index (χ1) is 12.0. The van der Waals surface area contributed by atoms with Crippen molar-refractivity contribution in [2.75, 3.05) is 27.4 Å². The van der Waals surface area contributed by atoms with E-state index in [2.05, 4.69) is 0 Å². The van der Waals surface area contributed by atoms with E-state index in [0.29, 0.717) is 15.4 Å². The summed E-state index contributed by atoms with van der Waals surface area (Å²) in [5, 5.41) is 0. The number of imide groups is 2. The number of amides is 4. The minimum atomic E-state index is -4.80. The van der Waals surface area contributed by atoms with E-state index >= 15 is 0 Å². The molecule has 1 atom stereocenters. The molecule has 11 heteroatoms. The second-order valence-electron chi connectivity index (χ2n) is 5.78. The molecule has 1 fully saturated rings. The lowest BCUT2D eigenvalue weighted by molar-refractivity contribution is -0.901. The second-order valence-corrected chi connectivity index (χ2v) is 5.78. The van der Waals surface area contributed by atoms with Gasteiger partial charge >= 0.3 is 24.0 Å². The van der Waals surface area contributed by atoms with Gasteiger partial charge in [-0.2, -0.15) is 13.2 Å². The van der Waals surface area contributed by atoms with E-state index in [1.54, 1.807) is 13.1 Å². The van der Waals surface area contributed by atoms with Gasteiger partial charge in [0.1, 0.15) is 13.1 Å². The number of methoxy groups -OCH3 is 1. The Morgan fingerprint density at radius 1 is 1.12 bits per heavy atom. The first-order valence-corrected chi connectivity index (χ1v) is 7.41. The van der Waals surface area contributed by atoms with E-state index < -0.39 is 36.4 Å². The molecule has 0 radical (unpaired) electrons. The van der Waals surface area contributed by atoms with Crippen molar-refractivity contribution in [1.29, 1.82) is 0 Å². The van der Waals surface area contributed by atoms with Gasteiger partial charge in [-0.1, -0.05) is 0 Å². The summed E-state index contributed by atoms with van der Waals surface area (Å²) in [5.41, 5.74) is 0.512. The molecule has 1 N–H and O–H groups in total. The Morgan fingerprint density at radius 3 is 2.27 bits per heavy atom. The Balaban J connectivity index is 2.05. The van der Waals surface area contributed by atoms with Crippen LogP contribution >= 0.6 is 0 Å². The summed E-state index contributed by atoms with van der Waals surface area (Å²) in [6, 6.07) is 2.85. The predicted molar refractivity (Wildman–Crippen MR) is 78.4 cm³/mol. The third kappa shape index (κ3) is 4.28. The van der Waals surface area contributed by atoms with Crippen LogP contribution in [0, 0.1) is 5.82 Å². The third-order valence-electron chi connectivity index (χ3n) is 3.62. The number of nitrogens with one attached hydrogen (secondary N) is 1. The molecule has 1 aliphatic rings. The number of urea groups is 1. The number of hydrogen-bond acceptors (Lipinski definition) is 4. The molecule has 0 aliphatic carbocycles. The van der Waals surface area contributed by atoms with Crippen LogP contribution in [0.5, 0.6) is 5.75 Å². The molecular weight excluding hydrogens is 362 g/mol. The number of rotatable bonds is 6. The third-order valence-corrected chi connectivity index (χ3v) is 3.62. The summed E-state index contributed by atoms with van der Waals surface area (Å²) >= 11 is 0. The van der Waals surface area contributed by atoms with E-state index in [1.807, 2.05) is 0 Å². The van der Waals surface area contributed by atoms with Crippen molar-refractivity contribution in [2.24, 2.45) is 0 Å². The van der Waals surface area contributed by atoms with Crippen LogP contribution in [0.4, 0.5) is 22.4 Å². The highest BCUT2D eigenvalue weighted by atomic mass is 19.4. The van der Waals surface area contributed by atoms with Crippen LogP contribution in [0.2, 0.25) is 0 Å². The SMILES string of the molecule is COc1ccc(C[NH+](C)CN2C(=O)C(=O)N(CC(F)(F)F)C2=O)cc1F. The van der Waals surface area contributed by atoms with Crippen LogP contribution in [0.1, 0.15) is 5.56 Å². The number of carbonyl (C=O) groups excluding carboxylic acids is 3. The van der Waals surface area contributed by atoms with Crippen molar-refractivity contribution >= 4 is 17.8 Å². The summed E-state index contributed by atoms with van der Waals surface area (Å²) in [5.74, 6) is -3.39. The fraction of sp³-hybridized carbons (Fsp3) is 0.400. The van der Waals surface area contributed by atoms with E-state index in [1.165, 1.54) is 19.2 Å². The van der Waals surface area contributed by atoms with Crippen LogP contribution in [-0.2, 0) is 16.1 Å². The molecule has 4 amide bonds. The monoisotopic (exact) mass is 378 g/mol. The Bertz CT molecular complexity index is 738. The molecule has 1 heterocycles. The Hall–Kier alpha value is -2.69. The van der Waals surface area contributed by atoms with Gasteiger partial charge in [0, 0.05) is 5.56 Å². The highest BCUT2D eigenvalue weighted by Crippen LogP contribution is 2.21. The standard InChI is InChI=1S/C15H15F4N3O4/c1-20(6-9-3-4-11(26-2)10(16)5-9)8-22-13(24)12(23)21(14(22)25)7-15(17,18)19/h3-5H,6-8H2,1-2H3/p+1. The quantitative estimate of drug-likeness (QED) is 0.435. The first kappa shape index (κ1) is 19.6. The van der Waals surface area contributed by atoms with Crippen molar-refractivity contribution in [1.82, 2.24) is 9.80 Å². The molecule has 0 bridgehead atoms. The van der Waals surface area contributed by atoms with Crippen molar-refractivity contribution in [2.45, 2.75) is 12.7 Å². The number of halogens is 4. The predicted octanol–water partition coefficient (Wildman–Crippen LogP) is 0.160. The molecule has 1 aromatic rings.